The van der Waals surface area contributed by atoms with Gasteiger partial charge in [-0.15, -0.1) is 0 Å². The Labute approximate surface area is 61.2 Å². The first-order chi connectivity index (χ1) is 4.83. The molecule has 10 heavy (non-hydrogen) atoms. The van der Waals surface area contributed by atoms with Gasteiger partial charge in [0.2, 0.25) is 0 Å². The first-order valence-electron chi connectivity index (χ1n) is 3.02. The molecule has 4 nitrogen and oxygen atoms in total. The van der Waals surface area contributed by atoms with Crippen molar-refractivity contribution in [1.82, 2.24) is 5.32 Å². The Hall–Kier alpha value is -1.10. The average Bonchev–Trinajstić information content (AvgIpc) is 2.01. The standard InChI is InChI=1S/C4H12N2.C2N2/c1-2-6-4-3-5;3-1-2-4/h6H,2-5H2,1H3;. The minimum absolute atomic E-state index is 0.744. The zero-order chi connectivity index (χ0) is 8.24. The van der Waals surface area contributed by atoms with Crippen LogP contribution in [0.15, 0.2) is 0 Å². The molecule has 0 aromatic heterocycles. The molecule has 0 saturated carbocycles. The van der Waals surface area contributed by atoms with Crippen LogP contribution < -0.4 is 11.1 Å². The Bertz CT molecular complexity index is 103. The molecule has 0 aromatic rings. The van der Waals surface area contributed by atoms with Crippen LogP contribution in [0.3, 0.4) is 0 Å². The van der Waals surface area contributed by atoms with Crippen molar-refractivity contribution in [1.29, 1.82) is 10.5 Å². The summed E-state index contributed by atoms with van der Waals surface area (Å²) >= 11 is 0. The van der Waals surface area contributed by atoms with Crippen molar-refractivity contribution in [3.8, 4) is 12.1 Å². The maximum absolute atomic E-state index is 7.26. The van der Waals surface area contributed by atoms with E-state index in [0.29, 0.717) is 0 Å². The van der Waals surface area contributed by atoms with E-state index < -0.39 is 0 Å². The SMILES string of the molecule is CCNCCN.N#CC#N. The number of nitrogens with zero attached hydrogens (tertiary/aromatic N) is 2. The molecule has 0 aliphatic carbocycles. The third-order valence-electron chi connectivity index (χ3n) is 0.621. The van der Waals surface area contributed by atoms with Crippen LogP contribution in [0.1, 0.15) is 6.92 Å². The summed E-state index contributed by atoms with van der Waals surface area (Å²) in [5, 5.41) is 17.6. The van der Waals surface area contributed by atoms with Crippen LogP contribution >= 0.6 is 0 Å². The van der Waals surface area contributed by atoms with Gasteiger partial charge in [0, 0.05) is 13.1 Å². The first-order valence-corrected chi connectivity index (χ1v) is 3.02. The topological polar surface area (TPSA) is 85.6 Å². The Morgan fingerprint density at radius 2 is 1.90 bits per heavy atom. The minimum Gasteiger partial charge on any atom is -0.329 e. The predicted octanol–water partition coefficient (Wildman–Crippen LogP) is -0.412. The van der Waals surface area contributed by atoms with Gasteiger partial charge in [-0.05, 0) is 6.54 Å². The largest absolute Gasteiger partial charge is 0.329 e. The van der Waals surface area contributed by atoms with Crippen LogP contribution in [0.5, 0.6) is 0 Å². The number of likely N-dealkylation sites (N-methyl/N-ethyl adjacent to an activating group) is 1. The van der Waals surface area contributed by atoms with Gasteiger partial charge in [0.15, 0.2) is 12.1 Å². The lowest BCUT2D eigenvalue weighted by atomic mass is 10.6. The van der Waals surface area contributed by atoms with Crippen molar-refractivity contribution >= 4 is 0 Å². The Morgan fingerprint density at radius 3 is 2.00 bits per heavy atom. The number of nitrogens with two attached hydrogens (primary N) is 1. The van der Waals surface area contributed by atoms with Gasteiger partial charge in [-0.25, -0.2) is 0 Å². The molecule has 0 rings (SSSR count). The Morgan fingerprint density at radius 1 is 1.40 bits per heavy atom. The molecule has 0 heterocycles. The van der Waals surface area contributed by atoms with Crippen molar-refractivity contribution in [3.05, 3.63) is 0 Å². The van der Waals surface area contributed by atoms with Gasteiger partial charge in [-0.2, -0.15) is 10.5 Å². The molecule has 0 aliphatic rings. The van der Waals surface area contributed by atoms with E-state index in [1.165, 1.54) is 12.1 Å². The fourth-order valence-electron chi connectivity index (χ4n) is 0.279. The lowest BCUT2D eigenvalue weighted by Crippen LogP contribution is -2.21. The number of hydrogen-bond donors (Lipinski definition) is 2. The van der Waals surface area contributed by atoms with Crippen molar-refractivity contribution in [2.24, 2.45) is 5.73 Å². The molecule has 0 atom stereocenters. The molecule has 4 heteroatoms. The van der Waals surface area contributed by atoms with E-state index in [0.717, 1.165) is 19.6 Å². The van der Waals surface area contributed by atoms with Crippen molar-refractivity contribution in [3.63, 3.8) is 0 Å². The summed E-state index contributed by atoms with van der Waals surface area (Å²) in [5.74, 6) is 0. The fourth-order valence-corrected chi connectivity index (χ4v) is 0.279. The smallest absolute Gasteiger partial charge is 0.181 e. The van der Waals surface area contributed by atoms with Gasteiger partial charge < -0.3 is 11.1 Å². The third kappa shape index (κ3) is 28.6. The normalized spacial score (nSPS) is 6.40. The number of nitriles is 2. The van der Waals surface area contributed by atoms with Crippen LogP contribution in [0.4, 0.5) is 0 Å². The Balaban J connectivity index is 0. The molecule has 3 N–H and O–H groups in total. The van der Waals surface area contributed by atoms with Gasteiger partial charge in [-0.3, -0.25) is 0 Å². The zero-order valence-electron chi connectivity index (χ0n) is 6.09. The quantitative estimate of drug-likeness (QED) is 0.522. The molecular formula is C6H12N4. The molecule has 56 valence electrons. The highest BCUT2D eigenvalue weighted by atomic mass is 14.9. The van der Waals surface area contributed by atoms with E-state index in [9.17, 15) is 0 Å². The lowest BCUT2D eigenvalue weighted by Gasteiger charge is -1.92. The van der Waals surface area contributed by atoms with Crippen LogP contribution in [0, 0.1) is 22.7 Å². The summed E-state index contributed by atoms with van der Waals surface area (Å²) in [6.07, 6.45) is 0. The maximum atomic E-state index is 7.26. The van der Waals surface area contributed by atoms with Crippen molar-refractivity contribution in [2.75, 3.05) is 19.6 Å². The molecular weight excluding hydrogens is 128 g/mol. The summed E-state index contributed by atoms with van der Waals surface area (Å²) in [5.41, 5.74) is 5.15. The summed E-state index contributed by atoms with van der Waals surface area (Å²) in [6, 6.07) is 2.47. The van der Waals surface area contributed by atoms with Gasteiger partial charge in [0.25, 0.3) is 0 Å². The van der Waals surface area contributed by atoms with Gasteiger partial charge in [0.05, 0.1) is 0 Å². The zero-order valence-corrected chi connectivity index (χ0v) is 6.09. The summed E-state index contributed by atoms with van der Waals surface area (Å²) in [7, 11) is 0. The van der Waals surface area contributed by atoms with E-state index in [1.54, 1.807) is 0 Å². The van der Waals surface area contributed by atoms with Crippen molar-refractivity contribution < 1.29 is 0 Å². The van der Waals surface area contributed by atoms with E-state index in [2.05, 4.69) is 12.2 Å². The molecule has 0 amide bonds. The second-order valence-electron chi connectivity index (χ2n) is 1.37. The van der Waals surface area contributed by atoms with Gasteiger partial charge in [-0.1, -0.05) is 6.92 Å². The summed E-state index contributed by atoms with van der Waals surface area (Å²) in [4.78, 5) is 0. The van der Waals surface area contributed by atoms with E-state index in [1.807, 2.05) is 0 Å². The molecule has 0 radical (unpaired) electrons. The molecule has 0 bridgehead atoms. The third-order valence-corrected chi connectivity index (χ3v) is 0.621. The van der Waals surface area contributed by atoms with Crippen LogP contribution in [0.25, 0.3) is 0 Å². The van der Waals surface area contributed by atoms with E-state index in [-0.39, 0.29) is 0 Å². The van der Waals surface area contributed by atoms with Crippen LogP contribution in [-0.2, 0) is 0 Å². The van der Waals surface area contributed by atoms with Crippen LogP contribution in [-0.4, -0.2) is 19.6 Å². The second kappa shape index (κ2) is 15.7. The summed E-state index contributed by atoms with van der Waals surface area (Å²) < 4.78 is 0. The maximum Gasteiger partial charge on any atom is 0.181 e. The molecule has 0 saturated heterocycles. The van der Waals surface area contributed by atoms with E-state index >= 15 is 0 Å². The number of hydrogen-bond acceptors (Lipinski definition) is 4. The van der Waals surface area contributed by atoms with Crippen LogP contribution in [0.2, 0.25) is 0 Å². The highest BCUT2D eigenvalue weighted by molar-refractivity contribution is 4.99. The lowest BCUT2D eigenvalue weighted by molar-refractivity contribution is 0.725. The highest BCUT2D eigenvalue weighted by Gasteiger charge is 1.71. The molecule has 0 spiro atoms. The average molecular weight is 140 g/mol. The number of nitrogens with one attached hydrogen (secondary N) is 1. The van der Waals surface area contributed by atoms with Gasteiger partial charge in [0.1, 0.15) is 0 Å². The first kappa shape index (κ1) is 11.7. The fraction of sp³-hybridized carbons (Fsp3) is 0.667. The Kier molecular flexibility index (Phi) is 18.3. The number of rotatable bonds is 3. The van der Waals surface area contributed by atoms with Gasteiger partial charge >= 0.3 is 0 Å². The predicted molar refractivity (Wildman–Crippen MR) is 38.8 cm³/mol. The molecule has 0 fully saturated rings. The van der Waals surface area contributed by atoms with E-state index in [4.69, 9.17) is 16.3 Å². The molecule has 0 aromatic carbocycles. The minimum atomic E-state index is 0.744. The second-order valence-corrected chi connectivity index (χ2v) is 1.37. The van der Waals surface area contributed by atoms with Crippen molar-refractivity contribution in [2.45, 2.75) is 6.92 Å². The summed E-state index contributed by atoms with van der Waals surface area (Å²) in [6.45, 7) is 4.77. The molecule has 0 unspecified atom stereocenters. The molecule has 0 aliphatic heterocycles. The highest BCUT2D eigenvalue weighted by Crippen LogP contribution is 1.48. The monoisotopic (exact) mass is 140 g/mol.